The van der Waals surface area contributed by atoms with Crippen molar-refractivity contribution < 1.29 is 0 Å². The van der Waals surface area contributed by atoms with E-state index in [-0.39, 0.29) is 5.41 Å². The monoisotopic (exact) mass is 231 g/mol. The summed E-state index contributed by atoms with van der Waals surface area (Å²) in [5.41, 5.74) is 1.36. The molecule has 78 valence electrons. The minimum Gasteiger partial charge on any atom is -0.331 e. The Hall–Kier alpha value is -0.140. The first-order chi connectivity index (χ1) is 6.41. The standard InChI is InChI=1S/C11H15Cl2N/c1-11(2,3)9-6-8(12)10(13)14(9)7-4-5-7/h6-7H,4-5H2,1-3H3. The first-order valence-corrected chi connectivity index (χ1v) is 5.73. The molecule has 1 aromatic rings. The predicted octanol–water partition coefficient (Wildman–Crippen LogP) is 4.43. The summed E-state index contributed by atoms with van der Waals surface area (Å²) in [7, 11) is 0. The summed E-state index contributed by atoms with van der Waals surface area (Å²) in [5.74, 6) is 0. The van der Waals surface area contributed by atoms with Crippen molar-refractivity contribution >= 4 is 23.2 Å². The van der Waals surface area contributed by atoms with Crippen LogP contribution in [0.5, 0.6) is 0 Å². The van der Waals surface area contributed by atoms with Gasteiger partial charge in [0.1, 0.15) is 5.15 Å². The highest BCUT2D eigenvalue weighted by molar-refractivity contribution is 6.41. The van der Waals surface area contributed by atoms with Crippen molar-refractivity contribution in [3.63, 3.8) is 0 Å². The van der Waals surface area contributed by atoms with Crippen molar-refractivity contribution in [3.05, 3.63) is 21.9 Å². The molecule has 0 radical (unpaired) electrons. The minimum atomic E-state index is 0.110. The normalized spacial score (nSPS) is 17.5. The fourth-order valence-corrected chi connectivity index (χ4v) is 2.22. The second-order valence-corrected chi connectivity index (χ2v) is 5.78. The van der Waals surface area contributed by atoms with E-state index in [1.54, 1.807) is 0 Å². The van der Waals surface area contributed by atoms with Gasteiger partial charge < -0.3 is 4.57 Å². The van der Waals surface area contributed by atoms with Gasteiger partial charge in [-0.3, -0.25) is 0 Å². The van der Waals surface area contributed by atoms with Gasteiger partial charge in [-0.1, -0.05) is 44.0 Å². The maximum absolute atomic E-state index is 6.19. The van der Waals surface area contributed by atoms with Crippen molar-refractivity contribution in [2.24, 2.45) is 0 Å². The van der Waals surface area contributed by atoms with Crippen LogP contribution in [0.4, 0.5) is 0 Å². The van der Waals surface area contributed by atoms with Crippen molar-refractivity contribution in [1.82, 2.24) is 4.57 Å². The zero-order valence-electron chi connectivity index (χ0n) is 8.77. The van der Waals surface area contributed by atoms with Crippen LogP contribution in [-0.2, 0) is 5.41 Å². The summed E-state index contributed by atoms with van der Waals surface area (Å²) in [5, 5.41) is 1.39. The predicted molar refractivity (Wildman–Crippen MR) is 61.4 cm³/mol. The molecule has 1 heterocycles. The molecule has 0 bridgehead atoms. The Balaban J connectivity index is 2.53. The largest absolute Gasteiger partial charge is 0.331 e. The maximum Gasteiger partial charge on any atom is 0.128 e. The van der Waals surface area contributed by atoms with Gasteiger partial charge in [0.15, 0.2) is 0 Å². The van der Waals surface area contributed by atoms with Crippen molar-refractivity contribution in [2.75, 3.05) is 0 Å². The molecular weight excluding hydrogens is 217 g/mol. The van der Waals surface area contributed by atoms with Gasteiger partial charge in [0.25, 0.3) is 0 Å². The average Bonchev–Trinajstić information content (AvgIpc) is 2.81. The quantitative estimate of drug-likeness (QED) is 0.675. The van der Waals surface area contributed by atoms with Crippen LogP contribution < -0.4 is 0 Å². The molecule has 1 aliphatic rings. The zero-order chi connectivity index (χ0) is 10.5. The van der Waals surface area contributed by atoms with Gasteiger partial charge in [-0.05, 0) is 18.9 Å². The summed E-state index contributed by atoms with van der Waals surface area (Å²) in [6, 6.07) is 2.59. The lowest BCUT2D eigenvalue weighted by Crippen LogP contribution is -2.17. The molecule has 2 rings (SSSR count). The summed E-state index contributed by atoms with van der Waals surface area (Å²) < 4.78 is 2.20. The Labute approximate surface area is 95.0 Å². The van der Waals surface area contributed by atoms with Crippen molar-refractivity contribution in [1.29, 1.82) is 0 Å². The first-order valence-electron chi connectivity index (χ1n) is 4.98. The van der Waals surface area contributed by atoms with Gasteiger partial charge in [0.05, 0.1) is 5.02 Å². The molecule has 1 aliphatic carbocycles. The number of rotatable bonds is 1. The molecule has 3 heteroatoms. The van der Waals surface area contributed by atoms with E-state index in [1.165, 1.54) is 18.5 Å². The van der Waals surface area contributed by atoms with Crippen LogP contribution in [0.1, 0.15) is 45.3 Å². The molecule has 0 saturated heterocycles. The molecule has 0 aliphatic heterocycles. The first kappa shape index (κ1) is 10.4. The van der Waals surface area contributed by atoms with Gasteiger partial charge in [0.2, 0.25) is 0 Å². The summed E-state index contributed by atoms with van der Waals surface area (Å²) in [6.45, 7) is 6.57. The van der Waals surface area contributed by atoms with E-state index in [4.69, 9.17) is 23.2 Å². The molecule has 1 nitrogen and oxygen atoms in total. The lowest BCUT2D eigenvalue weighted by Gasteiger charge is -2.21. The number of hydrogen-bond donors (Lipinski definition) is 0. The molecule has 0 amide bonds. The van der Waals surface area contributed by atoms with E-state index in [1.807, 2.05) is 6.07 Å². The van der Waals surface area contributed by atoms with Crippen LogP contribution in [0.25, 0.3) is 0 Å². The SMILES string of the molecule is CC(C)(C)c1cc(Cl)c(Cl)n1C1CC1. The van der Waals surface area contributed by atoms with Crippen LogP contribution in [0.3, 0.4) is 0 Å². The van der Waals surface area contributed by atoms with E-state index < -0.39 is 0 Å². The van der Waals surface area contributed by atoms with Crippen molar-refractivity contribution in [2.45, 2.75) is 45.1 Å². The molecule has 1 saturated carbocycles. The highest BCUT2D eigenvalue weighted by atomic mass is 35.5. The van der Waals surface area contributed by atoms with E-state index in [9.17, 15) is 0 Å². The van der Waals surface area contributed by atoms with E-state index in [0.29, 0.717) is 16.2 Å². The molecular formula is C11H15Cl2N. The van der Waals surface area contributed by atoms with E-state index in [2.05, 4.69) is 25.3 Å². The summed E-state index contributed by atoms with van der Waals surface area (Å²) >= 11 is 12.2. The number of aromatic nitrogens is 1. The fourth-order valence-electron chi connectivity index (χ4n) is 1.74. The number of hydrogen-bond acceptors (Lipinski definition) is 0. The van der Waals surface area contributed by atoms with Gasteiger partial charge in [0, 0.05) is 17.2 Å². The lowest BCUT2D eigenvalue weighted by atomic mass is 9.92. The molecule has 0 atom stereocenters. The Morgan fingerprint density at radius 2 is 1.86 bits per heavy atom. The van der Waals surface area contributed by atoms with Crippen LogP contribution in [0.15, 0.2) is 6.07 Å². The van der Waals surface area contributed by atoms with Gasteiger partial charge in [-0.2, -0.15) is 0 Å². The van der Waals surface area contributed by atoms with E-state index >= 15 is 0 Å². The second kappa shape index (κ2) is 3.18. The lowest BCUT2D eigenvalue weighted by molar-refractivity contribution is 0.521. The molecule has 0 aromatic carbocycles. The Morgan fingerprint density at radius 3 is 2.29 bits per heavy atom. The maximum atomic E-state index is 6.19. The van der Waals surface area contributed by atoms with Crippen LogP contribution >= 0.6 is 23.2 Å². The van der Waals surface area contributed by atoms with Crippen LogP contribution in [-0.4, -0.2) is 4.57 Å². The topological polar surface area (TPSA) is 4.93 Å². The number of halogens is 2. The third-order valence-corrected chi connectivity index (χ3v) is 3.38. The minimum absolute atomic E-state index is 0.110. The highest BCUT2D eigenvalue weighted by Crippen LogP contribution is 2.44. The molecule has 0 spiro atoms. The highest BCUT2D eigenvalue weighted by Gasteiger charge is 2.32. The molecule has 0 N–H and O–H groups in total. The Kier molecular flexibility index (Phi) is 2.36. The van der Waals surface area contributed by atoms with Gasteiger partial charge >= 0.3 is 0 Å². The molecule has 1 fully saturated rings. The third kappa shape index (κ3) is 1.68. The second-order valence-electron chi connectivity index (χ2n) is 5.02. The summed E-state index contributed by atoms with van der Waals surface area (Å²) in [6.07, 6.45) is 2.46. The molecule has 1 aromatic heterocycles. The molecule has 0 unspecified atom stereocenters. The average molecular weight is 232 g/mol. The Bertz CT molecular complexity index is 356. The zero-order valence-corrected chi connectivity index (χ0v) is 10.3. The number of nitrogens with zero attached hydrogens (tertiary/aromatic N) is 1. The van der Waals surface area contributed by atoms with E-state index in [0.717, 1.165) is 0 Å². The smallest absolute Gasteiger partial charge is 0.128 e. The van der Waals surface area contributed by atoms with Crippen LogP contribution in [0.2, 0.25) is 10.2 Å². The van der Waals surface area contributed by atoms with Crippen molar-refractivity contribution in [3.8, 4) is 0 Å². The van der Waals surface area contributed by atoms with Gasteiger partial charge in [-0.15, -0.1) is 0 Å². The Morgan fingerprint density at radius 1 is 1.29 bits per heavy atom. The fraction of sp³-hybridized carbons (Fsp3) is 0.636. The third-order valence-electron chi connectivity index (χ3n) is 2.61. The van der Waals surface area contributed by atoms with Gasteiger partial charge in [-0.25, -0.2) is 0 Å². The summed E-state index contributed by atoms with van der Waals surface area (Å²) in [4.78, 5) is 0. The molecule has 14 heavy (non-hydrogen) atoms. The van der Waals surface area contributed by atoms with Crippen LogP contribution in [0, 0.1) is 0 Å².